The predicted molar refractivity (Wildman–Crippen MR) is 96.9 cm³/mol. The molecule has 0 aliphatic carbocycles. The Balaban J connectivity index is 0.000000486. The molecule has 0 radical (unpaired) electrons. The van der Waals surface area contributed by atoms with Gasteiger partial charge >= 0.3 is 0 Å². The molecule has 0 atom stereocenters. The minimum Gasteiger partial charge on any atom is -0.411 e. The van der Waals surface area contributed by atoms with Crippen LogP contribution in [0.5, 0.6) is 0 Å². The van der Waals surface area contributed by atoms with Gasteiger partial charge in [-0.25, -0.2) is 0 Å². The van der Waals surface area contributed by atoms with E-state index in [1.165, 1.54) is 26.6 Å². The van der Waals surface area contributed by atoms with E-state index in [1.807, 2.05) is 0 Å². The molecule has 118 valence electrons. The standard InChI is InChI=1S/C9H10N2OS2.C6H15N/c1-6(12)10-7-2-4-8(5-3-7)11-9(13)14;1-4-7(5-2)6-3/h2-5H,1H3,(H,10,12)(H2,11,13,14);4-6H2,1-3H3. The second-order valence-electron chi connectivity index (χ2n) is 4.48. The van der Waals surface area contributed by atoms with E-state index < -0.39 is 0 Å². The quantitative estimate of drug-likeness (QED) is 0.570. The molecule has 0 aliphatic heterocycles. The lowest BCUT2D eigenvalue weighted by Gasteiger charge is -2.10. The van der Waals surface area contributed by atoms with Crippen LogP contribution < -0.4 is 15.5 Å². The minimum atomic E-state index is -0.0931. The van der Waals surface area contributed by atoms with E-state index in [9.17, 15) is 4.79 Å². The maximum absolute atomic E-state index is 10.7. The molecule has 3 N–H and O–H groups in total. The second-order valence-corrected chi connectivity index (χ2v) is 5.56. The predicted octanol–water partition coefficient (Wildman–Crippen LogP) is 1.82. The topological polar surface area (TPSA) is 45.6 Å². The van der Waals surface area contributed by atoms with E-state index >= 15 is 0 Å². The van der Waals surface area contributed by atoms with Crippen molar-refractivity contribution in [3.05, 3.63) is 24.3 Å². The van der Waals surface area contributed by atoms with Crippen LogP contribution >= 0.6 is 12.2 Å². The van der Waals surface area contributed by atoms with Crippen LogP contribution in [0.4, 0.5) is 11.4 Å². The zero-order chi connectivity index (χ0) is 16.3. The fourth-order valence-electron chi connectivity index (χ4n) is 1.71. The zero-order valence-corrected chi connectivity index (χ0v) is 14.8. The van der Waals surface area contributed by atoms with Crippen LogP contribution in [0.2, 0.25) is 0 Å². The summed E-state index contributed by atoms with van der Waals surface area (Å²) in [5, 5.41) is 5.48. The summed E-state index contributed by atoms with van der Waals surface area (Å²) < 4.78 is 0.303. The third-order valence-electron chi connectivity index (χ3n) is 2.95. The van der Waals surface area contributed by atoms with E-state index in [1.54, 1.807) is 29.2 Å². The molecule has 0 unspecified atom stereocenters. The fourth-order valence-corrected chi connectivity index (χ4v) is 1.94. The molecule has 0 aromatic heterocycles. The third kappa shape index (κ3) is 10.2. The Hall–Kier alpha value is -1.24. The first-order valence-electron chi connectivity index (χ1n) is 7.12. The molecular formula is C15H25N3OS2. The highest BCUT2D eigenvalue weighted by atomic mass is 32.1. The Morgan fingerprint density at radius 1 is 1.05 bits per heavy atom. The Kier molecular flexibility index (Phi) is 10.7. The van der Waals surface area contributed by atoms with Gasteiger partial charge < -0.3 is 40.4 Å². The Morgan fingerprint density at radius 2 is 1.43 bits per heavy atom. The summed E-state index contributed by atoms with van der Waals surface area (Å²) in [6, 6.07) is 7.14. The molecule has 0 bridgehead atoms. The maximum Gasteiger partial charge on any atom is 0.221 e. The van der Waals surface area contributed by atoms with Gasteiger partial charge in [-0.1, -0.05) is 4.32 Å². The molecule has 0 spiro atoms. The van der Waals surface area contributed by atoms with Crippen LogP contribution in [0.15, 0.2) is 24.3 Å². The molecule has 21 heavy (non-hydrogen) atoms. The van der Waals surface area contributed by atoms with Gasteiger partial charge in [0, 0.05) is 18.3 Å². The van der Waals surface area contributed by atoms with Crippen LogP contribution in [-0.2, 0) is 17.4 Å². The van der Waals surface area contributed by atoms with Gasteiger partial charge in [0.05, 0.1) is 19.6 Å². The largest absolute Gasteiger partial charge is 0.411 e. The normalized spacial score (nSPS) is 9.57. The van der Waals surface area contributed by atoms with Gasteiger partial charge in [0.1, 0.15) is 0 Å². The average molecular weight is 328 g/mol. The Morgan fingerprint density at radius 3 is 1.67 bits per heavy atom. The molecule has 4 nitrogen and oxygen atoms in total. The number of rotatable bonds is 5. The van der Waals surface area contributed by atoms with E-state index in [0.717, 1.165) is 11.4 Å². The summed E-state index contributed by atoms with van der Waals surface area (Å²) in [4.78, 5) is 12.4. The zero-order valence-electron chi connectivity index (χ0n) is 13.2. The molecular weight excluding hydrogens is 302 g/mol. The van der Waals surface area contributed by atoms with Gasteiger partial charge in [-0.2, -0.15) is 0 Å². The summed E-state index contributed by atoms with van der Waals surface area (Å²) in [5.41, 5.74) is 1.57. The first kappa shape index (κ1) is 19.8. The number of benzene rings is 1. The highest BCUT2D eigenvalue weighted by Crippen LogP contribution is 2.13. The molecule has 1 amide bonds. The van der Waals surface area contributed by atoms with Crippen molar-refractivity contribution >= 4 is 46.4 Å². The summed E-state index contributed by atoms with van der Waals surface area (Å²) >= 11 is 9.43. The van der Waals surface area contributed by atoms with Gasteiger partial charge in [-0.15, -0.1) is 0 Å². The highest BCUT2D eigenvalue weighted by molar-refractivity contribution is 8.00. The van der Waals surface area contributed by atoms with Gasteiger partial charge in [0.15, 0.2) is 0 Å². The summed E-state index contributed by atoms with van der Waals surface area (Å²) in [6.07, 6.45) is 0. The number of hydrogen-bond acceptors (Lipinski definition) is 3. The van der Waals surface area contributed by atoms with Crippen molar-refractivity contribution in [3.63, 3.8) is 0 Å². The molecule has 0 saturated carbocycles. The van der Waals surface area contributed by atoms with Crippen LogP contribution in [0, 0.1) is 0 Å². The molecule has 1 rings (SSSR count). The van der Waals surface area contributed by atoms with Crippen molar-refractivity contribution in [2.45, 2.75) is 27.7 Å². The number of thiocarbonyl (C=S) groups is 1. The van der Waals surface area contributed by atoms with E-state index in [4.69, 9.17) is 24.8 Å². The van der Waals surface area contributed by atoms with Crippen LogP contribution in [-0.4, -0.2) is 29.9 Å². The van der Waals surface area contributed by atoms with Gasteiger partial charge in [-0.05, 0) is 45.0 Å². The van der Waals surface area contributed by atoms with E-state index in [-0.39, 0.29) is 5.91 Å². The average Bonchev–Trinajstić information content (AvgIpc) is 2.42. The SMILES string of the molecule is CC(=O)Nc1ccc(NC(=S)[S-])cc1.CC[NH+](CC)CC. The van der Waals surface area contributed by atoms with Crippen molar-refractivity contribution in [2.24, 2.45) is 0 Å². The monoisotopic (exact) mass is 327 g/mol. The summed E-state index contributed by atoms with van der Waals surface area (Å²) in [6.45, 7) is 11.9. The first-order valence-corrected chi connectivity index (χ1v) is 7.93. The summed E-state index contributed by atoms with van der Waals surface area (Å²) in [7, 11) is 0. The molecule has 1 aromatic carbocycles. The van der Waals surface area contributed by atoms with Crippen LogP contribution in [0.3, 0.4) is 0 Å². The van der Waals surface area contributed by atoms with Crippen LogP contribution in [0.1, 0.15) is 27.7 Å². The van der Waals surface area contributed by atoms with Crippen LogP contribution in [0.25, 0.3) is 0 Å². The minimum absolute atomic E-state index is 0.0931. The fraction of sp³-hybridized carbons (Fsp3) is 0.467. The number of amides is 1. The molecule has 0 saturated heterocycles. The number of carbonyl (C=O) groups is 1. The van der Waals surface area contributed by atoms with Crippen molar-refractivity contribution < 1.29 is 9.69 Å². The van der Waals surface area contributed by atoms with Crippen molar-refractivity contribution in [1.82, 2.24) is 0 Å². The van der Waals surface area contributed by atoms with E-state index in [2.05, 4.69) is 31.4 Å². The second kappa shape index (κ2) is 11.4. The lowest BCUT2D eigenvalue weighted by Crippen LogP contribution is -3.11. The number of nitrogens with one attached hydrogen (secondary N) is 3. The van der Waals surface area contributed by atoms with Crippen molar-refractivity contribution in [1.29, 1.82) is 0 Å². The first-order chi connectivity index (χ1) is 9.92. The Labute approximate surface area is 138 Å². The van der Waals surface area contributed by atoms with Gasteiger partial charge in [-0.3, -0.25) is 4.79 Å². The number of anilines is 2. The number of carbonyl (C=O) groups excluding carboxylic acids is 1. The Bertz CT molecular complexity index is 391. The maximum atomic E-state index is 10.7. The molecule has 1 aromatic rings. The third-order valence-corrected chi connectivity index (χ3v) is 3.16. The van der Waals surface area contributed by atoms with Gasteiger partial charge in [0.2, 0.25) is 5.91 Å². The number of quaternary nitrogens is 1. The van der Waals surface area contributed by atoms with Crippen molar-refractivity contribution in [2.75, 3.05) is 30.3 Å². The lowest BCUT2D eigenvalue weighted by molar-refractivity contribution is -0.894. The molecule has 0 fully saturated rings. The van der Waals surface area contributed by atoms with Crippen molar-refractivity contribution in [3.8, 4) is 0 Å². The lowest BCUT2D eigenvalue weighted by atomic mass is 10.3. The van der Waals surface area contributed by atoms with E-state index in [0.29, 0.717) is 4.32 Å². The van der Waals surface area contributed by atoms with Gasteiger partial charge in [0.25, 0.3) is 0 Å². The highest BCUT2D eigenvalue weighted by Gasteiger charge is 1.95. The summed E-state index contributed by atoms with van der Waals surface area (Å²) in [5.74, 6) is -0.0931. The molecule has 0 aliphatic rings. The molecule has 6 heteroatoms. The molecule has 0 heterocycles. The smallest absolute Gasteiger partial charge is 0.221 e. The number of hydrogen-bond donors (Lipinski definition) is 3.